The molecule has 14 nitrogen and oxygen atoms in total. The van der Waals surface area contributed by atoms with Crippen molar-refractivity contribution in [3.05, 3.63) is 0 Å². The van der Waals surface area contributed by atoms with Crippen molar-refractivity contribution in [2.45, 2.75) is 360 Å². The number of carbonyl (C=O) groups is 4. The summed E-state index contributed by atoms with van der Waals surface area (Å²) in [5, 5.41) is 24.3. The number of rotatable bonds is 55. The molecule has 0 saturated carbocycles. The van der Waals surface area contributed by atoms with Crippen molar-refractivity contribution in [2.75, 3.05) is 6.61 Å². The van der Waals surface area contributed by atoms with Crippen molar-refractivity contribution >= 4 is 31.5 Å². The Labute approximate surface area is 469 Å². The number of ketones is 1. The molecular formula is C62H118NO13P. The Morgan fingerprint density at radius 2 is 0.870 bits per heavy atom. The second kappa shape index (κ2) is 49.8. The highest BCUT2D eigenvalue weighted by Gasteiger charge is 2.51. The van der Waals surface area contributed by atoms with E-state index in [0.29, 0.717) is 32.1 Å². The first-order valence-corrected chi connectivity index (χ1v) is 33.7. The first kappa shape index (κ1) is 73.1. The van der Waals surface area contributed by atoms with E-state index in [1.165, 1.54) is 148 Å². The maximum absolute atomic E-state index is 14.1. The molecule has 1 saturated heterocycles. The Morgan fingerprint density at radius 3 is 1.27 bits per heavy atom. The van der Waals surface area contributed by atoms with E-state index in [4.69, 9.17) is 18.7 Å². The van der Waals surface area contributed by atoms with E-state index in [0.717, 1.165) is 96.3 Å². The average molecular weight is 1120 g/mol. The number of ether oxygens (including phenoxy) is 3. The maximum atomic E-state index is 14.1. The molecule has 1 amide bonds. The SMILES string of the molecule is CCCCCCCCCCCCCC(=O)OC(CCCCCCCCCCC)CC(=O)N[C@H]1C(O)O[C@H](CO)[C@@H](OP(=O)(O)O)[C@@H]1OC(=O)CC(CCCCCCCCCCC)C(=O)CCCCCCCCCCCCC. The molecule has 1 fully saturated rings. The van der Waals surface area contributed by atoms with Gasteiger partial charge in [0.25, 0.3) is 0 Å². The van der Waals surface area contributed by atoms with Crippen LogP contribution in [0.3, 0.4) is 0 Å². The predicted molar refractivity (Wildman–Crippen MR) is 310 cm³/mol. The number of aliphatic hydroxyl groups excluding tert-OH is 2. The molecule has 0 bridgehead atoms. The number of aliphatic hydroxyl groups is 2. The van der Waals surface area contributed by atoms with Gasteiger partial charge in [0.15, 0.2) is 12.4 Å². The van der Waals surface area contributed by atoms with Gasteiger partial charge in [-0.05, 0) is 32.1 Å². The molecule has 7 atom stereocenters. The van der Waals surface area contributed by atoms with E-state index in [2.05, 4.69) is 33.0 Å². The van der Waals surface area contributed by atoms with Gasteiger partial charge < -0.3 is 39.5 Å². The van der Waals surface area contributed by atoms with Crippen molar-refractivity contribution in [3.8, 4) is 0 Å². The zero-order chi connectivity index (χ0) is 56.6. The first-order valence-electron chi connectivity index (χ1n) is 32.2. The Bertz CT molecular complexity index is 1480. The number of amides is 1. The number of hydrogen-bond acceptors (Lipinski definition) is 11. The Balaban J connectivity index is 3.17. The minimum atomic E-state index is -5.33. The summed E-state index contributed by atoms with van der Waals surface area (Å²) in [5.74, 6) is -2.64. The molecule has 3 unspecified atom stereocenters. The van der Waals surface area contributed by atoms with Crippen LogP contribution >= 0.6 is 7.82 Å². The lowest BCUT2D eigenvalue weighted by Gasteiger charge is -2.43. The number of phosphoric ester groups is 1. The molecule has 1 rings (SSSR count). The van der Waals surface area contributed by atoms with Crippen LogP contribution in [-0.2, 0) is 42.5 Å². The number of nitrogens with one attached hydrogen (secondary N) is 1. The standard InChI is InChI=1S/C62H118NO13P/c1-5-9-13-17-21-25-27-31-35-39-43-47-54(65)52(45-41-37-33-29-23-19-15-11-7-3)49-58(68)75-61-59(62(69)74-55(51-64)60(61)76-77(70,71)72)63-56(66)50-53(46-42-38-34-30-24-20-16-12-8-4)73-57(67)48-44-40-36-32-28-26-22-18-14-10-6-2/h52-53,55,59-62,64,69H,5-51H2,1-4H3,(H,63,66)(H2,70,71,72)/t52?,53?,55-,59-,60-,61-,62?/m1/s1. The van der Waals surface area contributed by atoms with E-state index in [-0.39, 0.29) is 25.0 Å². The third-order valence-electron chi connectivity index (χ3n) is 15.6. The van der Waals surface area contributed by atoms with Crippen molar-refractivity contribution in [3.63, 3.8) is 0 Å². The highest BCUT2D eigenvalue weighted by molar-refractivity contribution is 7.46. The van der Waals surface area contributed by atoms with Gasteiger partial charge in [0.2, 0.25) is 5.91 Å². The normalized spacial score (nSPS) is 18.5. The van der Waals surface area contributed by atoms with Gasteiger partial charge in [-0.15, -0.1) is 0 Å². The molecule has 15 heteroatoms. The van der Waals surface area contributed by atoms with Crippen LogP contribution in [0.4, 0.5) is 0 Å². The first-order chi connectivity index (χ1) is 37.3. The molecule has 77 heavy (non-hydrogen) atoms. The van der Waals surface area contributed by atoms with Crippen molar-refractivity contribution in [1.82, 2.24) is 5.32 Å². The van der Waals surface area contributed by atoms with Gasteiger partial charge in [-0.1, -0.05) is 265 Å². The average Bonchev–Trinajstić information content (AvgIpc) is 3.39. The van der Waals surface area contributed by atoms with Crippen molar-refractivity contribution in [2.24, 2.45) is 5.92 Å². The summed E-state index contributed by atoms with van der Waals surface area (Å²) in [5.41, 5.74) is 0. The molecule has 1 aliphatic rings. The van der Waals surface area contributed by atoms with E-state index in [1.54, 1.807) is 0 Å². The third-order valence-corrected chi connectivity index (χ3v) is 16.1. The Kier molecular flexibility index (Phi) is 47.3. The minimum absolute atomic E-state index is 0.0402. The van der Waals surface area contributed by atoms with Gasteiger partial charge in [0.1, 0.15) is 30.1 Å². The van der Waals surface area contributed by atoms with Gasteiger partial charge in [0.05, 0.1) is 19.4 Å². The van der Waals surface area contributed by atoms with Crippen LogP contribution < -0.4 is 5.32 Å². The molecule has 5 N–H and O–H groups in total. The minimum Gasteiger partial charge on any atom is -0.462 e. The largest absolute Gasteiger partial charge is 0.470 e. The Hall–Kier alpha value is -1.93. The molecule has 0 spiro atoms. The summed E-state index contributed by atoms with van der Waals surface area (Å²) in [6, 6.07) is -1.60. The summed E-state index contributed by atoms with van der Waals surface area (Å²) in [4.78, 5) is 75.3. The van der Waals surface area contributed by atoms with Crippen LogP contribution in [0.1, 0.15) is 323 Å². The zero-order valence-electron chi connectivity index (χ0n) is 49.7. The van der Waals surface area contributed by atoms with Gasteiger partial charge in [0, 0.05) is 18.8 Å². The lowest BCUT2D eigenvalue weighted by Crippen LogP contribution is -2.65. The van der Waals surface area contributed by atoms with Gasteiger partial charge in [-0.25, -0.2) is 4.57 Å². The second-order valence-electron chi connectivity index (χ2n) is 22.8. The lowest BCUT2D eigenvalue weighted by atomic mass is 9.90. The fourth-order valence-electron chi connectivity index (χ4n) is 10.8. The maximum Gasteiger partial charge on any atom is 0.470 e. The highest BCUT2D eigenvalue weighted by atomic mass is 31.2. The third kappa shape index (κ3) is 40.8. The van der Waals surface area contributed by atoms with Gasteiger partial charge >= 0.3 is 19.8 Å². The molecule has 0 aromatic carbocycles. The molecule has 1 aliphatic heterocycles. The fourth-order valence-corrected chi connectivity index (χ4v) is 11.4. The predicted octanol–water partition coefficient (Wildman–Crippen LogP) is 15.7. The summed E-state index contributed by atoms with van der Waals surface area (Å²) in [7, 11) is -5.33. The highest BCUT2D eigenvalue weighted by Crippen LogP contribution is 2.42. The fraction of sp³-hybridized carbons (Fsp3) is 0.935. The molecule has 1 heterocycles. The van der Waals surface area contributed by atoms with Crippen LogP contribution in [-0.4, -0.2) is 87.0 Å². The molecule has 454 valence electrons. The topological polar surface area (TPSA) is 215 Å². The number of phosphoric acid groups is 1. The number of esters is 2. The van der Waals surface area contributed by atoms with Crippen molar-refractivity contribution in [1.29, 1.82) is 0 Å². The van der Waals surface area contributed by atoms with Crippen LogP contribution in [0.5, 0.6) is 0 Å². The number of hydrogen-bond donors (Lipinski definition) is 5. The van der Waals surface area contributed by atoms with Crippen LogP contribution in [0.25, 0.3) is 0 Å². The number of carbonyl (C=O) groups excluding carboxylic acids is 4. The second-order valence-corrected chi connectivity index (χ2v) is 24.0. The van der Waals surface area contributed by atoms with Crippen LogP contribution in [0, 0.1) is 5.92 Å². The van der Waals surface area contributed by atoms with E-state index >= 15 is 0 Å². The molecule has 0 aliphatic carbocycles. The van der Waals surface area contributed by atoms with Gasteiger partial charge in [-0.2, -0.15) is 0 Å². The zero-order valence-corrected chi connectivity index (χ0v) is 50.6. The van der Waals surface area contributed by atoms with Crippen LogP contribution in [0.15, 0.2) is 0 Å². The molecule has 0 radical (unpaired) electrons. The monoisotopic (exact) mass is 1120 g/mol. The smallest absolute Gasteiger partial charge is 0.462 e. The summed E-state index contributed by atoms with van der Waals surface area (Å²) in [6.45, 7) is 7.98. The lowest BCUT2D eigenvalue weighted by molar-refractivity contribution is -0.256. The van der Waals surface area contributed by atoms with E-state index in [9.17, 15) is 43.7 Å². The molecule has 0 aromatic heterocycles. The molecule has 0 aromatic rings. The number of unbranched alkanes of at least 4 members (excludes halogenated alkanes) is 36. The molecular weight excluding hydrogens is 998 g/mol. The quantitative estimate of drug-likeness (QED) is 0.0218. The van der Waals surface area contributed by atoms with E-state index < -0.39 is 74.9 Å². The van der Waals surface area contributed by atoms with Gasteiger partial charge in [-0.3, -0.25) is 23.7 Å². The summed E-state index contributed by atoms with van der Waals surface area (Å²) >= 11 is 0. The van der Waals surface area contributed by atoms with Crippen molar-refractivity contribution < 1.29 is 62.5 Å². The van der Waals surface area contributed by atoms with Crippen LogP contribution in [0.2, 0.25) is 0 Å². The van der Waals surface area contributed by atoms with E-state index in [1.807, 2.05) is 0 Å². The summed E-state index contributed by atoms with van der Waals surface area (Å²) in [6.07, 6.45) is 37.9. The Morgan fingerprint density at radius 1 is 0.494 bits per heavy atom. The number of Topliss-reactive ketones (excluding diaryl/α,β-unsaturated/α-hetero) is 1. The summed E-state index contributed by atoms with van der Waals surface area (Å²) < 4.78 is 35.0.